The molecule has 1 atom stereocenters. The third-order valence-corrected chi connectivity index (χ3v) is 3.38. The Morgan fingerprint density at radius 3 is 2.57 bits per heavy atom. The monoisotopic (exact) mass is 293 g/mol. The maximum absolute atomic E-state index is 6.23. The Balaban J connectivity index is 2.29. The third kappa shape index (κ3) is 3.14. The molecule has 0 aliphatic rings. The zero-order valence-electron chi connectivity index (χ0n) is 13.5. The number of hydrogen-bond acceptors (Lipinski definition) is 6. The zero-order valence-corrected chi connectivity index (χ0v) is 13.5. The van der Waals surface area contributed by atoms with Crippen molar-refractivity contribution in [2.24, 2.45) is 12.8 Å². The van der Waals surface area contributed by atoms with Crippen molar-refractivity contribution in [2.45, 2.75) is 46.3 Å². The first-order valence-electron chi connectivity index (χ1n) is 6.97. The fourth-order valence-corrected chi connectivity index (χ4v) is 2.04. The molecule has 0 aliphatic carbocycles. The number of ether oxygens (including phenoxy) is 1. The van der Waals surface area contributed by atoms with Crippen molar-refractivity contribution in [3.8, 4) is 11.5 Å². The molecule has 0 saturated carbocycles. The summed E-state index contributed by atoms with van der Waals surface area (Å²) in [4.78, 5) is 4.43. The first-order valence-corrected chi connectivity index (χ1v) is 6.97. The molecule has 0 spiro atoms. The highest BCUT2D eigenvalue weighted by Gasteiger charge is 2.29. The largest absolute Gasteiger partial charge is 0.376 e. The van der Waals surface area contributed by atoms with Gasteiger partial charge in [-0.3, -0.25) is 4.68 Å². The minimum absolute atomic E-state index is 0.0991. The van der Waals surface area contributed by atoms with Crippen molar-refractivity contribution >= 4 is 0 Å². The van der Waals surface area contributed by atoms with Gasteiger partial charge in [-0.1, -0.05) is 5.16 Å². The van der Waals surface area contributed by atoms with E-state index in [0.29, 0.717) is 18.3 Å². The van der Waals surface area contributed by atoms with Gasteiger partial charge in [0.15, 0.2) is 5.82 Å². The SMILES string of the molecule is Cc1nn(C)c(C)c1-c1nc(C(C)(N)COC(C)C)no1. The number of aromatic nitrogens is 4. The molecular weight excluding hydrogens is 270 g/mol. The molecule has 0 aromatic carbocycles. The van der Waals surface area contributed by atoms with E-state index in [2.05, 4.69) is 15.2 Å². The smallest absolute Gasteiger partial charge is 0.261 e. The van der Waals surface area contributed by atoms with Crippen molar-refractivity contribution in [3.63, 3.8) is 0 Å². The highest BCUT2D eigenvalue weighted by molar-refractivity contribution is 5.59. The molecule has 0 radical (unpaired) electrons. The Kier molecular flexibility index (Phi) is 4.15. The van der Waals surface area contributed by atoms with Gasteiger partial charge in [0.2, 0.25) is 0 Å². The molecule has 2 N–H and O–H groups in total. The standard InChI is InChI=1S/C14H23N5O2/c1-8(2)20-7-14(5,15)13-16-12(21-18-13)11-9(3)17-19(6)10(11)4/h8H,7,15H2,1-6H3. The van der Waals surface area contributed by atoms with Crippen LogP contribution in [0.4, 0.5) is 0 Å². The molecule has 116 valence electrons. The van der Waals surface area contributed by atoms with Gasteiger partial charge in [0.05, 0.1) is 24.0 Å². The summed E-state index contributed by atoms with van der Waals surface area (Å²) >= 11 is 0. The predicted octanol–water partition coefficient (Wildman–Crippen LogP) is 1.69. The van der Waals surface area contributed by atoms with Gasteiger partial charge in [0.1, 0.15) is 5.54 Å². The van der Waals surface area contributed by atoms with E-state index >= 15 is 0 Å². The van der Waals surface area contributed by atoms with Gasteiger partial charge in [-0.15, -0.1) is 0 Å². The Morgan fingerprint density at radius 1 is 1.38 bits per heavy atom. The summed E-state index contributed by atoms with van der Waals surface area (Å²) in [6.45, 7) is 9.94. The van der Waals surface area contributed by atoms with Crippen LogP contribution in [-0.4, -0.2) is 32.6 Å². The molecule has 2 aromatic heterocycles. The molecule has 7 nitrogen and oxygen atoms in total. The molecule has 2 rings (SSSR count). The van der Waals surface area contributed by atoms with Crippen LogP contribution in [-0.2, 0) is 17.3 Å². The van der Waals surface area contributed by atoms with Crippen molar-refractivity contribution in [1.29, 1.82) is 0 Å². The molecule has 21 heavy (non-hydrogen) atoms. The molecule has 7 heteroatoms. The highest BCUT2D eigenvalue weighted by atomic mass is 16.5. The summed E-state index contributed by atoms with van der Waals surface area (Å²) in [6, 6.07) is 0. The van der Waals surface area contributed by atoms with Gasteiger partial charge >= 0.3 is 0 Å². The second-order valence-corrected chi connectivity index (χ2v) is 5.87. The highest BCUT2D eigenvalue weighted by Crippen LogP contribution is 2.26. The summed E-state index contributed by atoms with van der Waals surface area (Å²) in [5.74, 6) is 0.870. The van der Waals surface area contributed by atoms with Crippen LogP contribution in [0.1, 0.15) is 38.0 Å². The van der Waals surface area contributed by atoms with Gasteiger partial charge in [-0.25, -0.2) is 0 Å². The van der Waals surface area contributed by atoms with E-state index < -0.39 is 5.54 Å². The van der Waals surface area contributed by atoms with E-state index in [1.165, 1.54) is 0 Å². The Hall–Kier alpha value is -1.73. The van der Waals surface area contributed by atoms with Crippen LogP contribution in [0, 0.1) is 13.8 Å². The minimum Gasteiger partial charge on any atom is -0.376 e. The van der Waals surface area contributed by atoms with Gasteiger partial charge in [0.25, 0.3) is 5.89 Å². The van der Waals surface area contributed by atoms with Gasteiger partial charge in [-0.2, -0.15) is 10.1 Å². The fraction of sp³-hybridized carbons (Fsp3) is 0.643. The van der Waals surface area contributed by atoms with Crippen molar-refractivity contribution in [1.82, 2.24) is 19.9 Å². The molecule has 2 heterocycles. The maximum atomic E-state index is 6.23. The topological polar surface area (TPSA) is 92.0 Å². The third-order valence-electron chi connectivity index (χ3n) is 3.38. The minimum atomic E-state index is -0.796. The number of nitrogens with two attached hydrogens (primary N) is 1. The fourth-order valence-electron chi connectivity index (χ4n) is 2.04. The number of rotatable bonds is 5. The zero-order chi connectivity index (χ0) is 15.8. The van der Waals surface area contributed by atoms with Crippen LogP contribution in [0.3, 0.4) is 0 Å². The molecule has 0 bridgehead atoms. The second-order valence-electron chi connectivity index (χ2n) is 5.87. The van der Waals surface area contributed by atoms with Gasteiger partial charge < -0.3 is 15.0 Å². The summed E-state index contributed by atoms with van der Waals surface area (Å²) in [5, 5.41) is 8.36. The van der Waals surface area contributed by atoms with Gasteiger partial charge in [0, 0.05) is 12.7 Å². The van der Waals surface area contributed by atoms with E-state index in [1.807, 2.05) is 41.7 Å². The van der Waals surface area contributed by atoms with Gasteiger partial charge in [-0.05, 0) is 34.6 Å². The normalized spacial score (nSPS) is 14.7. The van der Waals surface area contributed by atoms with Crippen LogP contribution in [0.2, 0.25) is 0 Å². The molecule has 0 amide bonds. The number of hydrogen-bond donors (Lipinski definition) is 1. The van der Waals surface area contributed by atoms with E-state index in [9.17, 15) is 0 Å². The summed E-state index contributed by atoms with van der Waals surface area (Å²) in [7, 11) is 1.88. The molecular formula is C14H23N5O2. The summed E-state index contributed by atoms with van der Waals surface area (Å²) in [6.07, 6.45) is 0.0991. The lowest BCUT2D eigenvalue weighted by molar-refractivity contribution is 0.0410. The average molecular weight is 293 g/mol. The van der Waals surface area contributed by atoms with E-state index in [-0.39, 0.29) is 6.10 Å². The van der Waals surface area contributed by atoms with Crippen molar-refractivity contribution < 1.29 is 9.26 Å². The number of nitrogens with zero attached hydrogens (tertiary/aromatic N) is 4. The van der Waals surface area contributed by atoms with Crippen LogP contribution in [0.5, 0.6) is 0 Å². The maximum Gasteiger partial charge on any atom is 0.261 e. The first kappa shape index (κ1) is 15.7. The van der Waals surface area contributed by atoms with E-state index in [1.54, 1.807) is 4.68 Å². The van der Waals surface area contributed by atoms with Crippen molar-refractivity contribution in [3.05, 3.63) is 17.2 Å². The Labute approximate surface area is 124 Å². The average Bonchev–Trinajstić information content (AvgIpc) is 2.94. The second kappa shape index (κ2) is 5.57. The van der Waals surface area contributed by atoms with E-state index in [0.717, 1.165) is 17.0 Å². The predicted molar refractivity (Wildman–Crippen MR) is 78.6 cm³/mol. The molecule has 2 aromatic rings. The number of aryl methyl sites for hydroxylation is 2. The molecule has 0 saturated heterocycles. The van der Waals surface area contributed by atoms with E-state index in [4.69, 9.17) is 15.0 Å². The lowest BCUT2D eigenvalue weighted by atomic mass is 10.1. The summed E-state index contributed by atoms with van der Waals surface area (Å²) in [5.41, 5.74) is 8.11. The van der Waals surface area contributed by atoms with Crippen LogP contribution >= 0.6 is 0 Å². The molecule has 0 fully saturated rings. The Morgan fingerprint density at radius 2 is 2.05 bits per heavy atom. The van der Waals surface area contributed by atoms with Crippen LogP contribution in [0.25, 0.3) is 11.5 Å². The first-order chi connectivity index (χ1) is 9.72. The lowest BCUT2D eigenvalue weighted by Crippen LogP contribution is -2.40. The quantitative estimate of drug-likeness (QED) is 0.901. The van der Waals surface area contributed by atoms with Crippen molar-refractivity contribution in [2.75, 3.05) is 6.61 Å². The lowest BCUT2D eigenvalue weighted by Gasteiger charge is -2.21. The van der Waals surface area contributed by atoms with Crippen LogP contribution in [0.15, 0.2) is 4.52 Å². The molecule has 0 aliphatic heterocycles. The Bertz CT molecular complexity index is 627. The molecule has 1 unspecified atom stereocenters. The summed E-state index contributed by atoms with van der Waals surface area (Å²) < 4.78 is 12.7. The van der Waals surface area contributed by atoms with Crippen LogP contribution < -0.4 is 5.73 Å².